The van der Waals surface area contributed by atoms with Crippen LogP contribution in [0.25, 0.3) is 0 Å². The van der Waals surface area contributed by atoms with Crippen molar-refractivity contribution >= 4 is 0 Å². The zero-order valence-electron chi connectivity index (χ0n) is 9.57. The summed E-state index contributed by atoms with van der Waals surface area (Å²) in [7, 11) is 0. The van der Waals surface area contributed by atoms with E-state index in [0.717, 1.165) is 11.4 Å². The standard InChI is InChI=1S/C13H16N2O/c1-9-3-4-11(7-10(9)2)12(16)8-13-14-5-6-15-13/h3-7,12,16H,8H2,1-2H3,(H,14,15). The van der Waals surface area contributed by atoms with E-state index in [1.54, 1.807) is 12.4 Å². The normalized spacial score (nSPS) is 12.7. The zero-order chi connectivity index (χ0) is 11.5. The second-order valence-electron chi connectivity index (χ2n) is 4.10. The minimum Gasteiger partial charge on any atom is -0.388 e. The molecule has 1 aromatic carbocycles. The van der Waals surface area contributed by atoms with Gasteiger partial charge in [-0.1, -0.05) is 18.2 Å². The van der Waals surface area contributed by atoms with Crippen molar-refractivity contribution in [3.8, 4) is 0 Å². The van der Waals surface area contributed by atoms with E-state index in [9.17, 15) is 5.11 Å². The lowest BCUT2D eigenvalue weighted by atomic mass is 10.0. The van der Waals surface area contributed by atoms with Crippen molar-refractivity contribution in [2.75, 3.05) is 0 Å². The first kappa shape index (κ1) is 10.9. The summed E-state index contributed by atoms with van der Waals surface area (Å²) in [4.78, 5) is 7.10. The molecule has 0 saturated carbocycles. The Kier molecular flexibility index (Phi) is 3.06. The smallest absolute Gasteiger partial charge is 0.108 e. The second-order valence-corrected chi connectivity index (χ2v) is 4.10. The molecule has 0 fully saturated rings. The van der Waals surface area contributed by atoms with Crippen LogP contribution < -0.4 is 0 Å². The van der Waals surface area contributed by atoms with Crippen LogP contribution in [0.2, 0.25) is 0 Å². The van der Waals surface area contributed by atoms with E-state index >= 15 is 0 Å². The third-order valence-corrected chi connectivity index (χ3v) is 2.86. The first-order valence-corrected chi connectivity index (χ1v) is 5.40. The highest BCUT2D eigenvalue weighted by Crippen LogP contribution is 2.19. The number of H-pyrrole nitrogens is 1. The number of benzene rings is 1. The topological polar surface area (TPSA) is 48.9 Å². The molecule has 16 heavy (non-hydrogen) atoms. The van der Waals surface area contributed by atoms with Crippen molar-refractivity contribution in [2.45, 2.75) is 26.4 Å². The van der Waals surface area contributed by atoms with Crippen molar-refractivity contribution in [1.29, 1.82) is 0 Å². The molecule has 1 heterocycles. The average Bonchev–Trinajstić information content (AvgIpc) is 2.74. The molecule has 3 heteroatoms. The summed E-state index contributed by atoms with van der Waals surface area (Å²) in [5.41, 5.74) is 3.39. The fourth-order valence-corrected chi connectivity index (χ4v) is 1.68. The number of aromatic amines is 1. The molecule has 2 aromatic rings. The van der Waals surface area contributed by atoms with Gasteiger partial charge in [0, 0.05) is 18.8 Å². The molecule has 1 atom stereocenters. The van der Waals surface area contributed by atoms with Crippen molar-refractivity contribution in [2.24, 2.45) is 0 Å². The van der Waals surface area contributed by atoms with E-state index in [1.807, 2.05) is 18.2 Å². The first-order valence-electron chi connectivity index (χ1n) is 5.40. The van der Waals surface area contributed by atoms with Crippen LogP contribution in [0.1, 0.15) is 28.6 Å². The van der Waals surface area contributed by atoms with Gasteiger partial charge in [0.2, 0.25) is 0 Å². The third-order valence-electron chi connectivity index (χ3n) is 2.86. The summed E-state index contributed by atoms with van der Waals surface area (Å²) < 4.78 is 0. The van der Waals surface area contributed by atoms with Crippen LogP contribution in [0.15, 0.2) is 30.6 Å². The van der Waals surface area contributed by atoms with Crippen LogP contribution in [0.4, 0.5) is 0 Å². The Morgan fingerprint density at radius 3 is 2.75 bits per heavy atom. The molecule has 0 amide bonds. The number of rotatable bonds is 3. The van der Waals surface area contributed by atoms with Crippen LogP contribution in [-0.2, 0) is 6.42 Å². The molecule has 0 aliphatic carbocycles. The van der Waals surface area contributed by atoms with Gasteiger partial charge < -0.3 is 10.1 Å². The number of aryl methyl sites for hydroxylation is 2. The van der Waals surface area contributed by atoms with E-state index in [1.165, 1.54) is 11.1 Å². The van der Waals surface area contributed by atoms with Gasteiger partial charge in [-0.3, -0.25) is 0 Å². The Hall–Kier alpha value is -1.61. The van der Waals surface area contributed by atoms with Gasteiger partial charge in [-0.15, -0.1) is 0 Å². The van der Waals surface area contributed by atoms with Gasteiger partial charge in [0.15, 0.2) is 0 Å². The van der Waals surface area contributed by atoms with Crippen molar-refractivity contribution < 1.29 is 5.11 Å². The molecule has 0 radical (unpaired) electrons. The maximum Gasteiger partial charge on any atom is 0.108 e. The summed E-state index contributed by atoms with van der Waals surface area (Å²) in [5, 5.41) is 10.0. The van der Waals surface area contributed by atoms with Gasteiger partial charge in [0.25, 0.3) is 0 Å². The summed E-state index contributed by atoms with van der Waals surface area (Å²) in [6.45, 7) is 4.12. The molecule has 0 aliphatic heterocycles. The quantitative estimate of drug-likeness (QED) is 0.827. The lowest BCUT2D eigenvalue weighted by Gasteiger charge is -2.11. The number of aromatic nitrogens is 2. The van der Waals surface area contributed by atoms with Crippen LogP contribution in [-0.4, -0.2) is 15.1 Å². The minimum absolute atomic E-state index is 0.495. The summed E-state index contributed by atoms with van der Waals surface area (Å²) in [6.07, 6.45) is 3.49. The number of aliphatic hydroxyl groups excluding tert-OH is 1. The summed E-state index contributed by atoms with van der Waals surface area (Å²) in [5.74, 6) is 0.811. The fourth-order valence-electron chi connectivity index (χ4n) is 1.68. The van der Waals surface area contributed by atoms with E-state index in [2.05, 4.69) is 23.8 Å². The van der Waals surface area contributed by atoms with Crippen molar-refractivity contribution in [3.05, 3.63) is 53.1 Å². The second kappa shape index (κ2) is 4.49. The van der Waals surface area contributed by atoms with E-state index in [4.69, 9.17) is 0 Å². The van der Waals surface area contributed by atoms with Gasteiger partial charge in [-0.05, 0) is 30.5 Å². The highest BCUT2D eigenvalue weighted by Gasteiger charge is 2.10. The Bertz CT molecular complexity index is 463. The highest BCUT2D eigenvalue weighted by molar-refractivity contribution is 5.31. The molecule has 0 aliphatic rings. The number of imidazole rings is 1. The van der Waals surface area contributed by atoms with Crippen molar-refractivity contribution in [1.82, 2.24) is 9.97 Å². The van der Waals surface area contributed by atoms with Gasteiger partial charge in [0.05, 0.1) is 6.10 Å². The van der Waals surface area contributed by atoms with E-state index in [-0.39, 0.29) is 0 Å². The first-order chi connectivity index (χ1) is 7.66. The number of nitrogens with one attached hydrogen (secondary N) is 1. The largest absolute Gasteiger partial charge is 0.388 e. The Morgan fingerprint density at radius 1 is 1.31 bits per heavy atom. The summed E-state index contributed by atoms with van der Waals surface area (Å²) >= 11 is 0. The molecule has 2 rings (SSSR count). The molecular formula is C13H16N2O. The Labute approximate surface area is 95.2 Å². The molecule has 0 bridgehead atoms. The predicted octanol–water partition coefficient (Wildman–Crippen LogP) is 2.30. The SMILES string of the molecule is Cc1ccc(C(O)Cc2ncc[nH]2)cc1C. The lowest BCUT2D eigenvalue weighted by Crippen LogP contribution is -2.03. The molecule has 0 spiro atoms. The van der Waals surface area contributed by atoms with Gasteiger partial charge in [-0.2, -0.15) is 0 Å². The predicted molar refractivity (Wildman–Crippen MR) is 63.2 cm³/mol. The van der Waals surface area contributed by atoms with E-state index < -0.39 is 6.10 Å². The van der Waals surface area contributed by atoms with E-state index in [0.29, 0.717) is 6.42 Å². The maximum absolute atomic E-state index is 10.0. The zero-order valence-corrected chi connectivity index (χ0v) is 9.57. The van der Waals surface area contributed by atoms with Crippen LogP contribution >= 0.6 is 0 Å². The maximum atomic E-state index is 10.0. The Morgan fingerprint density at radius 2 is 2.12 bits per heavy atom. The third kappa shape index (κ3) is 2.31. The fraction of sp³-hybridized carbons (Fsp3) is 0.308. The molecular weight excluding hydrogens is 200 g/mol. The number of hydrogen-bond donors (Lipinski definition) is 2. The minimum atomic E-state index is -0.495. The molecule has 0 saturated heterocycles. The van der Waals surface area contributed by atoms with Crippen molar-refractivity contribution in [3.63, 3.8) is 0 Å². The molecule has 3 nitrogen and oxygen atoms in total. The molecule has 1 unspecified atom stereocenters. The average molecular weight is 216 g/mol. The molecule has 2 N–H and O–H groups in total. The highest BCUT2D eigenvalue weighted by atomic mass is 16.3. The van der Waals surface area contributed by atoms with Crippen LogP contribution in [0.5, 0.6) is 0 Å². The monoisotopic (exact) mass is 216 g/mol. The van der Waals surface area contributed by atoms with Crippen LogP contribution in [0, 0.1) is 13.8 Å². The number of aliphatic hydroxyl groups is 1. The summed E-state index contributed by atoms with van der Waals surface area (Å²) in [6, 6.07) is 6.04. The van der Waals surface area contributed by atoms with Crippen LogP contribution in [0.3, 0.4) is 0 Å². The number of hydrogen-bond acceptors (Lipinski definition) is 2. The Balaban J connectivity index is 2.14. The van der Waals surface area contributed by atoms with Gasteiger partial charge >= 0.3 is 0 Å². The van der Waals surface area contributed by atoms with Gasteiger partial charge in [-0.25, -0.2) is 4.98 Å². The number of nitrogens with zero attached hydrogens (tertiary/aromatic N) is 1. The van der Waals surface area contributed by atoms with Gasteiger partial charge in [0.1, 0.15) is 5.82 Å². The lowest BCUT2D eigenvalue weighted by molar-refractivity contribution is 0.176. The molecule has 84 valence electrons. The molecule has 1 aromatic heterocycles.